The van der Waals surface area contributed by atoms with Crippen molar-refractivity contribution in [1.29, 1.82) is 0 Å². The minimum atomic E-state index is -0.111. The molecule has 2 atom stereocenters. The Morgan fingerprint density at radius 3 is 3.25 bits per heavy atom. The number of aromatic nitrogens is 3. The highest BCUT2D eigenvalue weighted by molar-refractivity contribution is 5.91. The first-order valence-corrected chi connectivity index (χ1v) is 7.02. The van der Waals surface area contributed by atoms with E-state index < -0.39 is 0 Å². The van der Waals surface area contributed by atoms with E-state index in [2.05, 4.69) is 15.4 Å². The highest BCUT2D eigenvalue weighted by Crippen LogP contribution is 2.24. The Bertz CT molecular complexity index is 577. The second-order valence-electron chi connectivity index (χ2n) is 4.99. The van der Waals surface area contributed by atoms with E-state index in [0.717, 1.165) is 31.5 Å². The lowest BCUT2D eigenvalue weighted by molar-refractivity contribution is -0.129. The summed E-state index contributed by atoms with van der Waals surface area (Å²) in [4.78, 5) is 16.6. The number of nitrogens with zero attached hydrogens (tertiary/aromatic N) is 3. The minimum Gasteiger partial charge on any atom is -0.377 e. The SMILES string of the molecule is CC[C@@H]1OCCC[C@H]1C(=O)Nc1nc2ccccn2n1. The molecule has 1 N–H and O–H groups in total. The highest BCUT2D eigenvalue weighted by atomic mass is 16.5. The third-order valence-corrected chi connectivity index (χ3v) is 3.66. The zero-order valence-corrected chi connectivity index (χ0v) is 11.5. The van der Waals surface area contributed by atoms with Crippen LogP contribution in [0.2, 0.25) is 0 Å². The molecule has 0 saturated carbocycles. The second-order valence-corrected chi connectivity index (χ2v) is 4.99. The van der Waals surface area contributed by atoms with E-state index in [9.17, 15) is 4.79 Å². The molecule has 0 aromatic carbocycles. The first-order valence-electron chi connectivity index (χ1n) is 7.02. The highest BCUT2D eigenvalue weighted by Gasteiger charge is 2.31. The van der Waals surface area contributed by atoms with Gasteiger partial charge in [0.2, 0.25) is 11.9 Å². The first-order chi connectivity index (χ1) is 9.78. The summed E-state index contributed by atoms with van der Waals surface area (Å²) >= 11 is 0. The third kappa shape index (κ3) is 2.51. The number of nitrogens with one attached hydrogen (secondary N) is 1. The van der Waals surface area contributed by atoms with Gasteiger partial charge in [-0.15, -0.1) is 5.10 Å². The van der Waals surface area contributed by atoms with Gasteiger partial charge in [0.15, 0.2) is 5.65 Å². The van der Waals surface area contributed by atoms with Crippen molar-refractivity contribution in [2.24, 2.45) is 5.92 Å². The molecule has 1 aliphatic heterocycles. The molecule has 1 amide bonds. The van der Waals surface area contributed by atoms with Crippen molar-refractivity contribution in [1.82, 2.24) is 14.6 Å². The molecule has 3 heterocycles. The van der Waals surface area contributed by atoms with Gasteiger partial charge in [0, 0.05) is 12.8 Å². The maximum atomic E-state index is 12.3. The van der Waals surface area contributed by atoms with Crippen molar-refractivity contribution in [3.63, 3.8) is 0 Å². The van der Waals surface area contributed by atoms with E-state index in [0.29, 0.717) is 5.95 Å². The maximum Gasteiger partial charge on any atom is 0.249 e. The minimum absolute atomic E-state index is 0.000724. The van der Waals surface area contributed by atoms with Crippen LogP contribution in [0.1, 0.15) is 26.2 Å². The van der Waals surface area contributed by atoms with E-state index in [-0.39, 0.29) is 17.9 Å². The van der Waals surface area contributed by atoms with Crippen molar-refractivity contribution in [2.75, 3.05) is 11.9 Å². The molecular formula is C14H18N4O2. The number of hydrogen-bond donors (Lipinski definition) is 1. The van der Waals surface area contributed by atoms with E-state index in [1.807, 2.05) is 25.1 Å². The molecular weight excluding hydrogens is 256 g/mol. The summed E-state index contributed by atoms with van der Waals surface area (Å²) in [5.74, 6) is 0.189. The van der Waals surface area contributed by atoms with Crippen molar-refractivity contribution < 1.29 is 9.53 Å². The number of fused-ring (bicyclic) bond motifs is 1. The van der Waals surface area contributed by atoms with Gasteiger partial charge in [0.1, 0.15) is 0 Å². The molecule has 2 aromatic rings. The fourth-order valence-corrected chi connectivity index (χ4v) is 2.63. The molecule has 2 aromatic heterocycles. The zero-order valence-electron chi connectivity index (χ0n) is 11.5. The summed E-state index contributed by atoms with van der Waals surface area (Å²) in [5, 5.41) is 7.03. The lowest BCUT2D eigenvalue weighted by Crippen LogP contribution is -2.38. The van der Waals surface area contributed by atoms with Gasteiger partial charge in [-0.1, -0.05) is 13.0 Å². The molecule has 0 aliphatic carbocycles. The summed E-state index contributed by atoms with van der Waals surface area (Å²) < 4.78 is 7.29. The van der Waals surface area contributed by atoms with Gasteiger partial charge in [-0.2, -0.15) is 4.98 Å². The Hall–Kier alpha value is -1.95. The molecule has 0 unspecified atom stereocenters. The van der Waals surface area contributed by atoms with Crippen LogP contribution in [0.4, 0.5) is 5.95 Å². The number of carbonyl (C=O) groups is 1. The van der Waals surface area contributed by atoms with E-state index in [4.69, 9.17) is 4.74 Å². The molecule has 6 nitrogen and oxygen atoms in total. The number of anilines is 1. The van der Waals surface area contributed by atoms with E-state index >= 15 is 0 Å². The van der Waals surface area contributed by atoms with Gasteiger partial charge in [0.25, 0.3) is 0 Å². The molecule has 1 fully saturated rings. The number of ether oxygens (including phenoxy) is 1. The van der Waals surface area contributed by atoms with Gasteiger partial charge in [0.05, 0.1) is 12.0 Å². The van der Waals surface area contributed by atoms with Gasteiger partial charge >= 0.3 is 0 Å². The predicted molar refractivity (Wildman–Crippen MR) is 74.4 cm³/mol. The Labute approximate surface area is 117 Å². The van der Waals surface area contributed by atoms with Crippen LogP contribution in [0.25, 0.3) is 5.65 Å². The molecule has 0 bridgehead atoms. The normalized spacial score (nSPS) is 22.9. The standard InChI is InChI=1S/C14H18N4O2/c1-2-11-10(6-5-9-20-11)13(19)16-14-15-12-7-3-4-8-18(12)17-14/h3-4,7-8,10-11H,2,5-6,9H2,1H3,(H,16,17,19)/t10-,11+/m1/s1. The monoisotopic (exact) mass is 274 g/mol. The quantitative estimate of drug-likeness (QED) is 0.927. The van der Waals surface area contributed by atoms with Gasteiger partial charge < -0.3 is 4.74 Å². The lowest BCUT2D eigenvalue weighted by Gasteiger charge is -2.29. The van der Waals surface area contributed by atoms with Crippen LogP contribution in [0.15, 0.2) is 24.4 Å². The number of hydrogen-bond acceptors (Lipinski definition) is 4. The molecule has 20 heavy (non-hydrogen) atoms. The average Bonchev–Trinajstić information content (AvgIpc) is 2.89. The number of amides is 1. The Morgan fingerprint density at radius 1 is 1.55 bits per heavy atom. The Balaban J connectivity index is 1.74. The molecule has 106 valence electrons. The van der Waals surface area contributed by atoms with Gasteiger partial charge in [-0.3, -0.25) is 10.1 Å². The number of carbonyl (C=O) groups excluding carboxylic acids is 1. The van der Waals surface area contributed by atoms with Crippen LogP contribution in [0.3, 0.4) is 0 Å². The van der Waals surface area contributed by atoms with Crippen molar-refractivity contribution >= 4 is 17.5 Å². The van der Waals surface area contributed by atoms with Gasteiger partial charge in [-0.05, 0) is 31.4 Å². The van der Waals surface area contributed by atoms with Crippen molar-refractivity contribution in [2.45, 2.75) is 32.3 Å². The van der Waals surface area contributed by atoms with Gasteiger partial charge in [-0.25, -0.2) is 4.52 Å². The largest absolute Gasteiger partial charge is 0.377 e. The topological polar surface area (TPSA) is 68.5 Å². The summed E-state index contributed by atoms with van der Waals surface area (Å²) in [6, 6.07) is 5.61. The molecule has 6 heteroatoms. The van der Waals surface area contributed by atoms with Crippen molar-refractivity contribution in [3.8, 4) is 0 Å². The second kappa shape index (κ2) is 5.58. The Kier molecular flexibility index (Phi) is 3.64. The molecule has 3 rings (SSSR count). The zero-order chi connectivity index (χ0) is 13.9. The van der Waals surface area contributed by atoms with Crippen molar-refractivity contribution in [3.05, 3.63) is 24.4 Å². The van der Waals surface area contributed by atoms with Crippen LogP contribution < -0.4 is 5.32 Å². The first kappa shape index (κ1) is 13.1. The van der Waals surface area contributed by atoms with Crippen LogP contribution in [-0.4, -0.2) is 33.2 Å². The smallest absolute Gasteiger partial charge is 0.249 e. The van der Waals surface area contributed by atoms with E-state index in [1.54, 1.807) is 10.7 Å². The number of rotatable bonds is 3. The van der Waals surface area contributed by atoms with Crippen LogP contribution >= 0.6 is 0 Å². The van der Waals surface area contributed by atoms with Crippen LogP contribution in [0, 0.1) is 5.92 Å². The summed E-state index contributed by atoms with van der Waals surface area (Å²) in [5.41, 5.74) is 0.717. The fourth-order valence-electron chi connectivity index (χ4n) is 2.63. The molecule has 0 radical (unpaired) electrons. The summed E-state index contributed by atoms with van der Waals surface area (Å²) in [6.45, 7) is 2.79. The predicted octanol–water partition coefficient (Wildman–Crippen LogP) is 1.87. The average molecular weight is 274 g/mol. The third-order valence-electron chi connectivity index (χ3n) is 3.66. The van der Waals surface area contributed by atoms with Crippen LogP contribution in [-0.2, 0) is 9.53 Å². The molecule has 1 aliphatic rings. The summed E-state index contributed by atoms with van der Waals surface area (Å²) in [7, 11) is 0. The number of pyridine rings is 1. The van der Waals surface area contributed by atoms with Crippen LogP contribution in [0.5, 0.6) is 0 Å². The lowest BCUT2D eigenvalue weighted by atomic mass is 9.92. The molecule has 1 saturated heterocycles. The van der Waals surface area contributed by atoms with E-state index in [1.165, 1.54) is 0 Å². The fraction of sp³-hybridized carbons (Fsp3) is 0.500. The Morgan fingerprint density at radius 2 is 2.45 bits per heavy atom. The summed E-state index contributed by atoms with van der Waals surface area (Å²) in [6.07, 6.45) is 4.43. The maximum absolute atomic E-state index is 12.3. The molecule has 0 spiro atoms.